The van der Waals surface area contributed by atoms with E-state index in [1.807, 2.05) is 25.3 Å². The fourth-order valence-electron chi connectivity index (χ4n) is 1.92. The third-order valence-corrected chi connectivity index (χ3v) is 5.16. The maximum Gasteiger partial charge on any atom is 0.343 e. The first-order chi connectivity index (χ1) is 11.1. The summed E-state index contributed by atoms with van der Waals surface area (Å²) in [7, 11) is 0. The quantitative estimate of drug-likeness (QED) is 0.730. The minimum absolute atomic E-state index is 0.0767. The second-order valence-electron chi connectivity index (χ2n) is 4.96. The van der Waals surface area contributed by atoms with E-state index in [0.717, 1.165) is 18.5 Å². The molecule has 0 spiro atoms. The number of aryl methyl sites for hydroxylation is 1. The number of Topliss-reactive ketones (excluding diaryl/α,β-unsaturated/α-hetero) is 1. The summed E-state index contributed by atoms with van der Waals surface area (Å²) >= 11 is 2.48. The minimum Gasteiger partial charge on any atom is -0.297 e. The highest BCUT2D eigenvalue weighted by atomic mass is 32.2. The maximum atomic E-state index is 12.3. The lowest BCUT2D eigenvalue weighted by Gasteiger charge is -2.06. The zero-order valence-corrected chi connectivity index (χ0v) is 14.5. The molecule has 0 fully saturated rings. The Morgan fingerprint density at radius 3 is 3.00 bits per heavy atom. The molecular formula is C14H17N5O2S2. The third kappa shape index (κ3) is 4.30. The van der Waals surface area contributed by atoms with E-state index in [0.29, 0.717) is 16.7 Å². The molecule has 2 aromatic heterocycles. The number of nitriles is 1. The van der Waals surface area contributed by atoms with Crippen molar-refractivity contribution >= 4 is 28.9 Å². The molecule has 0 aliphatic heterocycles. The summed E-state index contributed by atoms with van der Waals surface area (Å²) < 4.78 is 1.52. The van der Waals surface area contributed by atoms with Gasteiger partial charge in [0.2, 0.25) is 0 Å². The van der Waals surface area contributed by atoms with Crippen LogP contribution in [0.15, 0.2) is 15.3 Å². The Bertz CT molecular complexity index is 771. The first-order valence-corrected chi connectivity index (χ1v) is 9.05. The van der Waals surface area contributed by atoms with E-state index in [-0.39, 0.29) is 17.2 Å². The molecule has 0 saturated heterocycles. The van der Waals surface area contributed by atoms with Crippen molar-refractivity contribution in [2.24, 2.45) is 0 Å². The summed E-state index contributed by atoms with van der Waals surface area (Å²) in [5.74, 6) is -1.02. The van der Waals surface area contributed by atoms with Gasteiger partial charge in [-0.2, -0.15) is 5.26 Å². The van der Waals surface area contributed by atoms with Crippen molar-refractivity contribution in [3.8, 4) is 6.07 Å². The maximum absolute atomic E-state index is 12.3. The number of thioether (sulfide) groups is 1. The van der Waals surface area contributed by atoms with Crippen LogP contribution in [0.5, 0.6) is 0 Å². The van der Waals surface area contributed by atoms with Crippen LogP contribution in [0, 0.1) is 18.3 Å². The Hall–Kier alpha value is -1.92. The van der Waals surface area contributed by atoms with E-state index in [4.69, 9.17) is 0 Å². The van der Waals surface area contributed by atoms with Crippen molar-refractivity contribution in [3.05, 3.63) is 26.6 Å². The van der Waals surface area contributed by atoms with Crippen LogP contribution in [-0.4, -0.2) is 31.3 Å². The smallest absolute Gasteiger partial charge is 0.297 e. The number of thiazole rings is 1. The second kappa shape index (κ2) is 8.08. The lowest BCUT2D eigenvalue weighted by molar-refractivity contribution is -0.116. The molecule has 7 nitrogen and oxygen atoms in total. The Morgan fingerprint density at radius 1 is 1.61 bits per heavy atom. The van der Waals surface area contributed by atoms with E-state index in [1.54, 1.807) is 0 Å². The van der Waals surface area contributed by atoms with E-state index in [2.05, 4.69) is 15.2 Å². The normalized spacial score (nSPS) is 12.0. The summed E-state index contributed by atoms with van der Waals surface area (Å²) in [6.07, 6.45) is 1.82. The molecule has 0 amide bonds. The highest BCUT2D eigenvalue weighted by molar-refractivity contribution is 7.99. The summed E-state index contributed by atoms with van der Waals surface area (Å²) in [5.41, 5.74) is 0.521. The van der Waals surface area contributed by atoms with Crippen molar-refractivity contribution in [2.75, 3.05) is 5.75 Å². The molecular weight excluding hydrogens is 334 g/mol. The fraction of sp³-hybridized carbons (Fsp3) is 0.500. The highest BCUT2D eigenvalue weighted by Crippen LogP contribution is 2.23. The van der Waals surface area contributed by atoms with Crippen LogP contribution < -0.4 is 5.69 Å². The molecule has 0 bridgehead atoms. The molecule has 23 heavy (non-hydrogen) atoms. The zero-order chi connectivity index (χ0) is 16.8. The SMILES string of the molecule is CCCCn1c(SCC(=O)[C@H](C#N)c2nc(C)cs2)n[nH]c1=O. The molecule has 1 N–H and O–H groups in total. The van der Waals surface area contributed by atoms with E-state index < -0.39 is 5.92 Å². The molecule has 0 saturated carbocycles. The van der Waals surface area contributed by atoms with Crippen molar-refractivity contribution < 1.29 is 4.79 Å². The van der Waals surface area contributed by atoms with E-state index >= 15 is 0 Å². The fourth-order valence-corrected chi connectivity index (χ4v) is 3.65. The number of aromatic nitrogens is 4. The number of nitrogens with zero attached hydrogens (tertiary/aromatic N) is 4. The number of unbranched alkanes of at least 4 members (excludes halogenated alkanes) is 1. The average Bonchev–Trinajstić information content (AvgIpc) is 3.10. The summed E-state index contributed by atoms with van der Waals surface area (Å²) in [4.78, 5) is 28.2. The average molecular weight is 351 g/mol. The lowest BCUT2D eigenvalue weighted by atomic mass is 10.1. The molecule has 2 rings (SSSR count). The topological polar surface area (TPSA) is 104 Å². The molecule has 2 aromatic rings. The molecule has 9 heteroatoms. The second-order valence-corrected chi connectivity index (χ2v) is 6.79. The number of aromatic amines is 1. The van der Waals surface area contributed by atoms with Gasteiger partial charge < -0.3 is 0 Å². The molecule has 0 unspecified atom stereocenters. The molecule has 0 aliphatic rings. The molecule has 0 radical (unpaired) electrons. The van der Waals surface area contributed by atoms with Gasteiger partial charge in [-0.3, -0.25) is 9.36 Å². The lowest BCUT2D eigenvalue weighted by Crippen LogP contribution is -2.18. The van der Waals surface area contributed by atoms with Crippen LogP contribution in [-0.2, 0) is 11.3 Å². The number of hydrogen-bond acceptors (Lipinski definition) is 7. The summed E-state index contributed by atoms with van der Waals surface area (Å²) in [6, 6.07) is 2.01. The van der Waals surface area contributed by atoms with Gasteiger partial charge in [-0.25, -0.2) is 14.9 Å². The first-order valence-electron chi connectivity index (χ1n) is 7.19. The Balaban J connectivity index is 2.04. The van der Waals surface area contributed by atoms with E-state index in [1.165, 1.54) is 27.7 Å². The van der Waals surface area contributed by atoms with Crippen LogP contribution in [0.25, 0.3) is 0 Å². The van der Waals surface area contributed by atoms with Crippen LogP contribution >= 0.6 is 23.1 Å². The van der Waals surface area contributed by atoms with Gasteiger partial charge in [-0.15, -0.1) is 16.4 Å². The predicted molar refractivity (Wildman–Crippen MR) is 88.7 cm³/mol. The number of rotatable bonds is 8. The first kappa shape index (κ1) is 17.4. The van der Waals surface area contributed by atoms with E-state index in [9.17, 15) is 14.9 Å². The van der Waals surface area contributed by atoms with Gasteiger partial charge in [0.1, 0.15) is 5.01 Å². The monoisotopic (exact) mass is 351 g/mol. The number of hydrogen-bond donors (Lipinski definition) is 1. The van der Waals surface area contributed by atoms with Gasteiger partial charge in [0.15, 0.2) is 16.9 Å². The van der Waals surface area contributed by atoms with Crippen LogP contribution in [0.2, 0.25) is 0 Å². The molecule has 2 heterocycles. The Labute approximate surface area is 141 Å². The van der Waals surface area contributed by atoms with Crippen molar-refractivity contribution in [1.29, 1.82) is 5.26 Å². The molecule has 122 valence electrons. The minimum atomic E-state index is -0.865. The van der Waals surface area contributed by atoms with Crippen molar-refractivity contribution in [1.82, 2.24) is 19.7 Å². The van der Waals surface area contributed by atoms with Gasteiger partial charge in [0.25, 0.3) is 0 Å². The van der Waals surface area contributed by atoms with Crippen LogP contribution in [0.3, 0.4) is 0 Å². The van der Waals surface area contributed by atoms with Gasteiger partial charge >= 0.3 is 5.69 Å². The number of carbonyl (C=O) groups excluding carboxylic acids is 1. The zero-order valence-electron chi connectivity index (χ0n) is 12.9. The van der Waals surface area contributed by atoms with Gasteiger partial charge in [0, 0.05) is 17.6 Å². The predicted octanol–water partition coefficient (Wildman–Crippen LogP) is 2.10. The molecule has 0 aliphatic carbocycles. The number of ketones is 1. The van der Waals surface area contributed by atoms with Gasteiger partial charge in [-0.1, -0.05) is 25.1 Å². The summed E-state index contributed by atoms with van der Waals surface area (Å²) in [5, 5.41) is 18.4. The van der Waals surface area contributed by atoms with Crippen LogP contribution in [0.1, 0.15) is 36.4 Å². The van der Waals surface area contributed by atoms with Crippen molar-refractivity contribution in [2.45, 2.75) is 44.3 Å². The van der Waals surface area contributed by atoms with Gasteiger partial charge in [0.05, 0.1) is 11.8 Å². The molecule has 1 atom stereocenters. The van der Waals surface area contributed by atoms with Crippen LogP contribution in [0.4, 0.5) is 0 Å². The number of nitrogens with one attached hydrogen (secondary N) is 1. The Morgan fingerprint density at radius 2 is 2.39 bits per heavy atom. The number of H-pyrrole nitrogens is 1. The highest BCUT2D eigenvalue weighted by Gasteiger charge is 2.24. The van der Waals surface area contributed by atoms with Crippen molar-refractivity contribution in [3.63, 3.8) is 0 Å². The molecule has 0 aromatic carbocycles. The summed E-state index contributed by atoms with van der Waals surface area (Å²) in [6.45, 7) is 4.43. The largest absolute Gasteiger partial charge is 0.343 e. The Kier molecular flexibility index (Phi) is 6.12. The third-order valence-electron chi connectivity index (χ3n) is 3.14. The number of carbonyl (C=O) groups is 1. The standard InChI is InChI=1S/C14H17N5O2S2/c1-3-4-5-19-13(21)17-18-14(19)23-8-11(20)10(6-15)12-16-9(2)7-22-12/h7,10H,3-5,8H2,1-2H3,(H,17,21)/t10-/m0/s1. The van der Waals surface area contributed by atoms with Gasteiger partial charge in [-0.05, 0) is 13.3 Å².